The number of aromatic nitrogens is 2. The highest BCUT2D eigenvalue weighted by Gasteiger charge is 2.09. The van der Waals surface area contributed by atoms with E-state index < -0.39 is 0 Å². The van der Waals surface area contributed by atoms with E-state index in [2.05, 4.69) is 15.4 Å². The lowest BCUT2D eigenvalue weighted by Gasteiger charge is -2.18. The van der Waals surface area contributed by atoms with Gasteiger partial charge < -0.3 is 16.1 Å². The van der Waals surface area contributed by atoms with Crippen molar-refractivity contribution in [1.29, 1.82) is 0 Å². The molecule has 6 nitrogen and oxygen atoms in total. The van der Waals surface area contributed by atoms with Crippen molar-refractivity contribution < 1.29 is 0 Å². The maximum absolute atomic E-state index is 5.88. The molecule has 0 bridgehead atoms. The van der Waals surface area contributed by atoms with Crippen molar-refractivity contribution in [2.24, 2.45) is 0 Å². The Balaban J connectivity index is 3.01. The number of anilines is 3. The van der Waals surface area contributed by atoms with Crippen LogP contribution >= 0.6 is 0 Å². The molecule has 3 N–H and O–H groups in total. The number of nitrogens with one attached hydrogen (secondary N) is 1. The molecule has 0 aliphatic carbocycles. The van der Waals surface area contributed by atoms with Crippen molar-refractivity contribution in [2.45, 2.75) is 0 Å². The lowest BCUT2D eigenvalue weighted by atomic mass is 10.4. The summed E-state index contributed by atoms with van der Waals surface area (Å²) in [5.41, 5.74) is 9.42. The van der Waals surface area contributed by atoms with Crippen LogP contribution in [0.1, 0.15) is 0 Å². The second kappa shape index (κ2) is 4.10. The SMILES string of the molecule is CN(C)Nc1ncnc(N(C)C)c1N. The van der Waals surface area contributed by atoms with Crippen molar-refractivity contribution in [1.82, 2.24) is 15.0 Å². The van der Waals surface area contributed by atoms with Gasteiger partial charge in [0.25, 0.3) is 0 Å². The van der Waals surface area contributed by atoms with Gasteiger partial charge in [0.05, 0.1) is 0 Å². The topological polar surface area (TPSA) is 70.3 Å². The highest BCUT2D eigenvalue weighted by atomic mass is 15.5. The molecular formula is C8H16N6. The molecule has 0 saturated carbocycles. The van der Waals surface area contributed by atoms with E-state index in [1.807, 2.05) is 33.1 Å². The van der Waals surface area contributed by atoms with Crippen LogP contribution in [-0.2, 0) is 0 Å². The molecule has 1 aromatic heterocycles. The summed E-state index contributed by atoms with van der Waals surface area (Å²) in [6.45, 7) is 0. The Morgan fingerprint density at radius 1 is 1.21 bits per heavy atom. The molecule has 14 heavy (non-hydrogen) atoms. The number of nitrogens with two attached hydrogens (primary N) is 1. The minimum Gasteiger partial charge on any atom is -0.393 e. The Kier molecular flexibility index (Phi) is 3.08. The van der Waals surface area contributed by atoms with E-state index in [9.17, 15) is 0 Å². The molecule has 1 heterocycles. The fourth-order valence-corrected chi connectivity index (χ4v) is 1.04. The Hall–Kier alpha value is -1.56. The summed E-state index contributed by atoms with van der Waals surface area (Å²) in [7, 11) is 7.52. The highest BCUT2D eigenvalue weighted by molar-refractivity contribution is 5.74. The Morgan fingerprint density at radius 2 is 1.86 bits per heavy atom. The molecule has 0 unspecified atom stereocenters. The molecule has 6 heteroatoms. The van der Waals surface area contributed by atoms with Crippen LogP contribution in [0.2, 0.25) is 0 Å². The van der Waals surface area contributed by atoms with Gasteiger partial charge in [-0.1, -0.05) is 0 Å². The number of nitrogens with zero attached hydrogens (tertiary/aromatic N) is 4. The first-order valence-corrected chi connectivity index (χ1v) is 4.24. The summed E-state index contributed by atoms with van der Waals surface area (Å²) in [6, 6.07) is 0. The minimum atomic E-state index is 0.547. The minimum absolute atomic E-state index is 0.547. The largest absolute Gasteiger partial charge is 0.393 e. The number of rotatable bonds is 3. The molecule has 1 aromatic rings. The third-order valence-electron chi connectivity index (χ3n) is 1.62. The molecule has 0 spiro atoms. The normalized spacial score (nSPS) is 10.4. The quantitative estimate of drug-likeness (QED) is 0.664. The van der Waals surface area contributed by atoms with Crippen molar-refractivity contribution in [3.05, 3.63) is 6.33 Å². The zero-order valence-electron chi connectivity index (χ0n) is 8.94. The van der Waals surface area contributed by atoms with Crippen LogP contribution in [0.4, 0.5) is 17.3 Å². The van der Waals surface area contributed by atoms with E-state index in [1.165, 1.54) is 6.33 Å². The average molecular weight is 196 g/mol. The maximum atomic E-state index is 5.88. The van der Waals surface area contributed by atoms with Gasteiger partial charge in [0.1, 0.15) is 12.0 Å². The summed E-state index contributed by atoms with van der Waals surface area (Å²) in [5, 5.41) is 1.78. The van der Waals surface area contributed by atoms with Crippen LogP contribution < -0.4 is 16.1 Å². The van der Waals surface area contributed by atoms with Crippen molar-refractivity contribution in [2.75, 3.05) is 44.3 Å². The summed E-state index contributed by atoms with van der Waals surface area (Å²) in [5.74, 6) is 1.33. The molecule has 78 valence electrons. The third kappa shape index (κ3) is 2.23. The lowest BCUT2D eigenvalue weighted by molar-refractivity contribution is 0.492. The summed E-state index contributed by atoms with van der Waals surface area (Å²) < 4.78 is 0. The van der Waals surface area contributed by atoms with Gasteiger partial charge in [0.15, 0.2) is 11.6 Å². The number of nitrogen functional groups attached to an aromatic ring is 1. The Morgan fingerprint density at radius 3 is 2.36 bits per heavy atom. The predicted molar refractivity (Wildman–Crippen MR) is 58.1 cm³/mol. The zero-order chi connectivity index (χ0) is 10.7. The first-order valence-electron chi connectivity index (χ1n) is 4.24. The first kappa shape index (κ1) is 10.5. The Bertz CT molecular complexity index is 309. The van der Waals surface area contributed by atoms with E-state index in [1.54, 1.807) is 5.01 Å². The van der Waals surface area contributed by atoms with E-state index >= 15 is 0 Å². The standard InChI is InChI=1S/C8H16N6/c1-13(2)8-6(9)7(10-5-11-8)12-14(3)4/h5H,9H2,1-4H3,(H,10,11,12). The van der Waals surface area contributed by atoms with Crippen LogP contribution in [0.25, 0.3) is 0 Å². The maximum Gasteiger partial charge on any atom is 0.169 e. The van der Waals surface area contributed by atoms with Gasteiger partial charge in [-0.2, -0.15) is 0 Å². The fourth-order valence-electron chi connectivity index (χ4n) is 1.04. The van der Waals surface area contributed by atoms with E-state index in [4.69, 9.17) is 5.73 Å². The molecule has 0 saturated heterocycles. The fraction of sp³-hybridized carbons (Fsp3) is 0.500. The monoisotopic (exact) mass is 196 g/mol. The Labute approximate surface area is 83.7 Å². The second-order valence-electron chi connectivity index (χ2n) is 3.36. The molecule has 0 amide bonds. The predicted octanol–water partition coefficient (Wildman–Crippen LogP) is 0.0133. The van der Waals surface area contributed by atoms with Crippen molar-refractivity contribution >= 4 is 17.3 Å². The van der Waals surface area contributed by atoms with Gasteiger partial charge in [-0.3, -0.25) is 0 Å². The second-order valence-corrected chi connectivity index (χ2v) is 3.36. The van der Waals surface area contributed by atoms with Gasteiger partial charge in [-0.25, -0.2) is 15.0 Å². The highest BCUT2D eigenvalue weighted by Crippen LogP contribution is 2.23. The molecular weight excluding hydrogens is 180 g/mol. The average Bonchev–Trinajstić information content (AvgIpc) is 2.07. The van der Waals surface area contributed by atoms with Gasteiger partial charge in [-0.05, 0) is 0 Å². The summed E-state index contributed by atoms with van der Waals surface area (Å²) >= 11 is 0. The summed E-state index contributed by atoms with van der Waals surface area (Å²) in [4.78, 5) is 9.97. The number of hydrogen-bond donors (Lipinski definition) is 2. The van der Waals surface area contributed by atoms with Gasteiger partial charge >= 0.3 is 0 Å². The first-order chi connectivity index (χ1) is 6.52. The number of hydrazine groups is 1. The van der Waals surface area contributed by atoms with Crippen molar-refractivity contribution in [3.8, 4) is 0 Å². The van der Waals surface area contributed by atoms with Gasteiger partial charge in [0.2, 0.25) is 0 Å². The lowest BCUT2D eigenvalue weighted by Crippen LogP contribution is -2.23. The zero-order valence-corrected chi connectivity index (χ0v) is 8.94. The molecule has 0 aliphatic heterocycles. The van der Waals surface area contributed by atoms with Gasteiger partial charge in [0, 0.05) is 28.2 Å². The smallest absolute Gasteiger partial charge is 0.169 e. The van der Waals surface area contributed by atoms with E-state index in [0.29, 0.717) is 17.3 Å². The van der Waals surface area contributed by atoms with Gasteiger partial charge in [-0.15, -0.1) is 0 Å². The van der Waals surface area contributed by atoms with Crippen LogP contribution in [-0.4, -0.2) is 43.2 Å². The van der Waals surface area contributed by atoms with Crippen molar-refractivity contribution in [3.63, 3.8) is 0 Å². The van der Waals surface area contributed by atoms with Crippen LogP contribution in [0.15, 0.2) is 6.33 Å². The van der Waals surface area contributed by atoms with Crippen LogP contribution in [0.5, 0.6) is 0 Å². The summed E-state index contributed by atoms with van der Waals surface area (Å²) in [6.07, 6.45) is 1.48. The molecule has 0 aliphatic rings. The van der Waals surface area contributed by atoms with E-state index in [0.717, 1.165) is 0 Å². The van der Waals surface area contributed by atoms with E-state index in [-0.39, 0.29) is 0 Å². The molecule has 1 rings (SSSR count). The third-order valence-corrected chi connectivity index (χ3v) is 1.62. The van der Waals surface area contributed by atoms with Crippen LogP contribution in [0, 0.1) is 0 Å². The molecule has 0 aromatic carbocycles. The van der Waals surface area contributed by atoms with Crippen LogP contribution in [0.3, 0.4) is 0 Å². The molecule has 0 atom stereocenters. The molecule has 0 radical (unpaired) electrons. The number of hydrogen-bond acceptors (Lipinski definition) is 6. The molecule has 0 fully saturated rings.